The lowest BCUT2D eigenvalue weighted by Crippen LogP contribution is -2.34. The third-order valence-electron chi connectivity index (χ3n) is 2.98. The average molecular weight is 171 g/mol. The van der Waals surface area contributed by atoms with Crippen LogP contribution in [-0.4, -0.2) is 5.54 Å². The van der Waals surface area contributed by atoms with E-state index in [1.165, 1.54) is 6.42 Å². The monoisotopic (exact) mass is 171 g/mol. The molecule has 0 amide bonds. The highest BCUT2D eigenvalue weighted by Gasteiger charge is 2.24. The number of nitrogens with two attached hydrogens (primary N) is 1. The second kappa shape index (κ2) is 3.78. The van der Waals surface area contributed by atoms with Gasteiger partial charge in [-0.2, -0.15) is 0 Å². The van der Waals surface area contributed by atoms with E-state index in [1.807, 2.05) is 0 Å². The fraction of sp³-hybridized carbons (Fsp3) is 1.00. The predicted molar refractivity (Wildman–Crippen MR) is 56.1 cm³/mol. The molecule has 0 saturated carbocycles. The van der Waals surface area contributed by atoms with Gasteiger partial charge in [0.25, 0.3) is 0 Å². The molecule has 1 heteroatoms. The Morgan fingerprint density at radius 3 is 1.67 bits per heavy atom. The Morgan fingerprint density at radius 2 is 1.42 bits per heavy atom. The number of rotatable bonds is 4. The van der Waals surface area contributed by atoms with Gasteiger partial charge in [0.2, 0.25) is 0 Å². The molecule has 74 valence electrons. The highest BCUT2D eigenvalue weighted by Crippen LogP contribution is 2.32. The molecule has 0 fully saturated rings. The molecule has 0 aromatic heterocycles. The Labute approximate surface area is 77.7 Å². The molecule has 0 heterocycles. The molecule has 0 aliphatic heterocycles. The minimum atomic E-state index is -0.00778. The first kappa shape index (κ1) is 12.0. The lowest BCUT2D eigenvalue weighted by atomic mass is 9.75. The van der Waals surface area contributed by atoms with Crippen LogP contribution in [0.25, 0.3) is 0 Å². The summed E-state index contributed by atoms with van der Waals surface area (Å²) in [7, 11) is 0. The molecule has 0 aromatic rings. The normalized spacial score (nSPS) is 14.0. The molecule has 0 bridgehead atoms. The van der Waals surface area contributed by atoms with Gasteiger partial charge in [-0.05, 0) is 38.0 Å². The van der Waals surface area contributed by atoms with E-state index in [1.54, 1.807) is 0 Å². The Balaban J connectivity index is 3.93. The molecule has 0 aliphatic rings. The van der Waals surface area contributed by atoms with E-state index < -0.39 is 0 Å². The standard InChI is InChI=1S/C11H25N/c1-9(2)10(3,4)7-8-11(5,6)12/h9H,7-8,12H2,1-6H3. The summed E-state index contributed by atoms with van der Waals surface area (Å²) in [5.41, 5.74) is 6.36. The highest BCUT2D eigenvalue weighted by atomic mass is 14.7. The Bertz CT molecular complexity index is 128. The molecule has 2 N–H and O–H groups in total. The van der Waals surface area contributed by atoms with Crippen molar-refractivity contribution < 1.29 is 0 Å². The SMILES string of the molecule is CC(C)C(C)(C)CCC(C)(C)N. The summed E-state index contributed by atoms with van der Waals surface area (Å²) in [6.07, 6.45) is 2.33. The van der Waals surface area contributed by atoms with Crippen molar-refractivity contribution in [2.24, 2.45) is 17.1 Å². The molecule has 0 unspecified atom stereocenters. The highest BCUT2D eigenvalue weighted by molar-refractivity contribution is 4.79. The molecule has 0 rings (SSSR count). The molecule has 0 aliphatic carbocycles. The summed E-state index contributed by atoms with van der Waals surface area (Å²) in [5.74, 6) is 0.736. The van der Waals surface area contributed by atoms with Gasteiger partial charge in [0.1, 0.15) is 0 Å². The minimum absolute atomic E-state index is 0.00778. The first-order valence-electron chi connectivity index (χ1n) is 4.94. The van der Waals surface area contributed by atoms with Crippen LogP contribution in [0.1, 0.15) is 54.4 Å². The lowest BCUT2D eigenvalue weighted by Gasteiger charge is -2.32. The van der Waals surface area contributed by atoms with E-state index in [0.717, 1.165) is 12.3 Å². The fourth-order valence-electron chi connectivity index (χ4n) is 0.933. The van der Waals surface area contributed by atoms with E-state index in [0.29, 0.717) is 5.41 Å². The Kier molecular flexibility index (Phi) is 3.77. The van der Waals surface area contributed by atoms with Crippen molar-refractivity contribution in [3.63, 3.8) is 0 Å². The van der Waals surface area contributed by atoms with E-state index in [2.05, 4.69) is 41.5 Å². The van der Waals surface area contributed by atoms with Gasteiger partial charge in [0.05, 0.1) is 0 Å². The molecule has 1 nitrogen and oxygen atoms in total. The van der Waals surface area contributed by atoms with Gasteiger partial charge in [-0.1, -0.05) is 27.7 Å². The first-order valence-corrected chi connectivity index (χ1v) is 4.94. The third-order valence-corrected chi connectivity index (χ3v) is 2.98. The van der Waals surface area contributed by atoms with Gasteiger partial charge < -0.3 is 5.73 Å². The fourth-order valence-corrected chi connectivity index (χ4v) is 0.933. The van der Waals surface area contributed by atoms with Crippen LogP contribution in [0.3, 0.4) is 0 Å². The van der Waals surface area contributed by atoms with E-state index in [9.17, 15) is 0 Å². The van der Waals surface area contributed by atoms with Crippen molar-refractivity contribution in [1.29, 1.82) is 0 Å². The van der Waals surface area contributed by atoms with Crippen LogP contribution in [0.4, 0.5) is 0 Å². The van der Waals surface area contributed by atoms with Gasteiger partial charge in [-0.15, -0.1) is 0 Å². The van der Waals surface area contributed by atoms with E-state index in [4.69, 9.17) is 5.73 Å². The van der Waals surface area contributed by atoms with E-state index in [-0.39, 0.29) is 5.54 Å². The van der Waals surface area contributed by atoms with Crippen molar-refractivity contribution in [2.45, 2.75) is 59.9 Å². The van der Waals surface area contributed by atoms with Crippen LogP contribution in [-0.2, 0) is 0 Å². The molecule has 12 heavy (non-hydrogen) atoms. The van der Waals surface area contributed by atoms with Crippen LogP contribution >= 0.6 is 0 Å². The van der Waals surface area contributed by atoms with Crippen LogP contribution in [0.2, 0.25) is 0 Å². The summed E-state index contributed by atoms with van der Waals surface area (Å²) < 4.78 is 0. The summed E-state index contributed by atoms with van der Waals surface area (Å²) in [6.45, 7) is 13.4. The topological polar surface area (TPSA) is 26.0 Å². The molecule has 0 spiro atoms. The van der Waals surface area contributed by atoms with Crippen molar-refractivity contribution in [3.05, 3.63) is 0 Å². The number of hydrogen-bond donors (Lipinski definition) is 1. The zero-order valence-electron chi connectivity index (χ0n) is 9.57. The van der Waals surface area contributed by atoms with Crippen molar-refractivity contribution in [2.75, 3.05) is 0 Å². The van der Waals surface area contributed by atoms with Gasteiger partial charge in [-0.25, -0.2) is 0 Å². The third kappa shape index (κ3) is 4.76. The van der Waals surface area contributed by atoms with Crippen molar-refractivity contribution >= 4 is 0 Å². The van der Waals surface area contributed by atoms with Crippen LogP contribution in [0.15, 0.2) is 0 Å². The molecule has 0 atom stereocenters. The van der Waals surface area contributed by atoms with Crippen molar-refractivity contribution in [1.82, 2.24) is 0 Å². The second-order valence-corrected chi connectivity index (χ2v) is 5.63. The smallest absolute Gasteiger partial charge is 0.00972 e. The first-order chi connectivity index (χ1) is 5.15. The van der Waals surface area contributed by atoms with Crippen LogP contribution < -0.4 is 5.73 Å². The maximum atomic E-state index is 5.94. The Morgan fingerprint density at radius 1 is 1.00 bits per heavy atom. The zero-order chi connectivity index (χ0) is 9.99. The van der Waals surface area contributed by atoms with Crippen LogP contribution in [0, 0.1) is 11.3 Å². The zero-order valence-corrected chi connectivity index (χ0v) is 9.57. The lowest BCUT2D eigenvalue weighted by molar-refractivity contribution is 0.206. The second-order valence-electron chi connectivity index (χ2n) is 5.63. The molecular formula is C11H25N. The quantitative estimate of drug-likeness (QED) is 0.690. The minimum Gasteiger partial charge on any atom is -0.326 e. The predicted octanol–water partition coefficient (Wildman–Crippen LogP) is 3.19. The number of hydrogen-bond acceptors (Lipinski definition) is 1. The molecule has 0 aromatic carbocycles. The summed E-state index contributed by atoms with van der Waals surface area (Å²) in [5, 5.41) is 0. The van der Waals surface area contributed by atoms with Gasteiger partial charge in [0, 0.05) is 5.54 Å². The summed E-state index contributed by atoms with van der Waals surface area (Å²) >= 11 is 0. The van der Waals surface area contributed by atoms with Crippen LogP contribution in [0.5, 0.6) is 0 Å². The van der Waals surface area contributed by atoms with Crippen molar-refractivity contribution in [3.8, 4) is 0 Å². The molecule has 0 radical (unpaired) electrons. The van der Waals surface area contributed by atoms with Gasteiger partial charge >= 0.3 is 0 Å². The van der Waals surface area contributed by atoms with E-state index >= 15 is 0 Å². The largest absolute Gasteiger partial charge is 0.326 e. The summed E-state index contributed by atoms with van der Waals surface area (Å²) in [4.78, 5) is 0. The molecule has 0 saturated heterocycles. The summed E-state index contributed by atoms with van der Waals surface area (Å²) in [6, 6.07) is 0. The maximum Gasteiger partial charge on any atom is 0.00972 e. The maximum absolute atomic E-state index is 5.94. The average Bonchev–Trinajstić information content (AvgIpc) is 1.82. The van der Waals surface area contributed by atoms with Gasteiger partial charge in [0.15, 0.2) is 0 Å². The van der Waals surface area contributed by atoms with Gasteiger partial charge in [-0.3, -0.25) is 0 Å². The molecular weight excluding hydrogens is 146 g/mol. The Hall–Kier alpha value is -0.0400.